The van der Waals surface area contributed by atoms with Crippen molar-refractivity contribution < 1.29 is 0 Å². The predicted molar refractivity (Wildman–Crippen MR) is 60.0 cm³/mol. The number of thiol groups is 1. The molecule has 0 radical (unpaired) electrons. The maximum atomic E-state index is 4.17. The normalized spacial score (nSPS) is 12.5. The van der Waals surface area contributed by atoms with Crippen LogP contribution in [0.25, 0.3) is 0 Å². The van der Waals surface area contributed by atoms with Gasteiger partial charge in [0.05, 0.1) is 0 Å². The molecule has 0 unspecified atom stereocenters. The van der Waals surface area contributed by atoms with Gasteiger partial charge in [0.15, 0.2) is 0 Å². The Morgan fingerprint density at radius 3 is 2.33 bits per heavy atom. The van der Waals surface area contributed by atoms with Gasteiger partial charge in [-0.1, -0.05) is 27.7 Å². The summed E-state index contributed by atoms with van der Waals surface area (Å²) in [5.41, 5.74) is 0.413. The molecule has 0 aliphatic rings. The minimum Gasteiger partial charge on any atom is -0.316 e. The van der Waals surface area contributed by atoms with Crippen molar-refractivity contribution in [1.82, 2.24) is 5.32 Å². The summed E-state index contributed by atoms with van der Waals surface area (Å²) >= 11 is 4.17. The lowest BCUT2D eigenvalue weighted by atomic mass is 9.81. The van der Waals surface area contributed by atoms with Gasteiger partial charge < -0.3 is 5.32 Å². The Morgan fingerprint density at radius 2 is 1.92 bits per heavy atom. The molecular formula is C10H23NS. The molecule has 0 aromatic heterocycles. The first-order valence-corrected chi connectivity index (χ1v) is 5.45. The van der Waals surface area contributed by atoms with Crippen LogP contribution < -0.4 is 5.32 Å². The van der Waals surface area contributed by atoms with Gasteiger partial charge >= 0.3 is 0 Å². The van der Waals surface area contributed by atoms with Crippen LogP contribution in [0.2, 0.25) is 0 Å². The molecule has 0 aromatic rings. The number of hydrogen-bond donors (Lipinski definition) is 2. The molecule has 0 atom stereocenters. The van der Waals surface area contributed by atoms with Gasteiger partial charge in [-0.3, -0.25) is 0 Å². The monoisotopic (exact) mass is 189 g/mol. The average Bonchev–Trinajstić information content (AvgIpc) is 1.98. The molecule has 0 amide bonds. The van der Waals surface area contributed by atoms with E-state index in [1.807, 2.05) is 0 Å². The van der Waals surface area contributed by atoms with Crippen molar-refractivity contribution in [3.8, 4) is 0 Å². The number of nitrogens with one attached hydrogen (secondary N) is 1. The van der Waals surface area contributed by atoms with E-state index in [0.29, 0.717) is 5.41 Å². The van der Waals surface area contributed by atoms with E-state index in [1.165, 1.54) is 0 Å². The van der Waals surface area contributed by atoms with Crippen LogP contribution in [0, 0.1) is 11.3 Å². The Kier molecular flexibility index (Phi) is 6.02. The van der Waals surface area contributed by atoms with Crippen LogP contribution in [0.1, 0.15) is 34.1 Å². The summed E-state index contributed by atoms with van der Waals surface area (Å²) in [4.78, 5) is 0. The fourth-order valence-corrected chi connectivity index (χ4v) is 0.977. The molecule has 0 spiro atoms. The molecule has 0 heterocycles. The standard InChI is InChI=1S/C10H23NS/c1-9(2)10(3,4)8-11-6-5-7-12/h9,11-12H,5-8H2,1-4H3. The smallest absolute Gasteiger partial charge is 0.000497 e. The zero-order valence-electron chi connectivity index (χ0n) is 8.85. The first-order valence-electron chi connectivity index (χ1n) is 4.82. The van der Waals surface area contributed by atoms with Crippen molar-refractivity contribution in [2.24, 2.45) is 11.3 Å². The van der Waals surface area contributed by atoms with Gasteiger partial charge in [-0.2, -0.15) is 12.6 Å². The van der Waals surface area contributed by atoms with E-state index in [2.05, 4.69) is 45.6 Å². The van der Waals surface area contributed by atoms with Gasteiger partial charge in [0.25, 0.3) is 0 Å². The second kappa shape index (κ2) is 5.87. The third-order valence-electron chi connectivity index (χ3n) is 2.66. The van der Waals surface area contributed by atoms with Crippen LogP contribution >= 0.6 is 12.6 Å². The average molecular weight is 189 g/mol. The van der Waals surface area contributed by atoms with Gasteiger partial charge in [-0.05, 0) is 30.1 Å². The SMILES string of the molecule is CC(C)C(C)(C)CNCCCS. The number of hydrogen-bond acceptors (Lipinski definition) is 2. The van der Waals surface area contributed by atoms with E-state index in [-0.39, 0.29) is 0 Å². The van der Waals surface area contributed by atoms with Crippen molar-refractivity contribution in [2.45, 2.75) is 34.1 Å². The Labute approximate surface area is 82.7 Å². The van der Waals surface area contributed by atoms with Crippen LogP contribution in [-0.2, 0) is 0 Å². The van der Waals surface area contributed by atoms with Crippen molar-refractivity contribution in [1.29, 1.82) is 0 Å². The maximum Gasteiger partial charge on any atom is 0.000497 e. The largest absolute Gasteiger partial charge is 0.316 e. The lowest BCUT2D eigenvalue weighted by Crippen LogP contribution is -2.34. The van der Waals surface area contributed by atoms with Gasteiger partial charge in [-0.15, -0.1) is 0 Å². The lowest BCUT2D eigenvalue weighted by molar-refractivity contribution is 0.239. The molecule has 0 rings (SSSR count). The molecule has 0 bridgehead atoms. The number of rotatable bonds is 6. The summed E-state index contributed by atoms with van der Waals surface area (Å²) in [6.45, 7) is 11.4. The van der Waals surface area contributed by atoms with Crippen LogP contribution in [0.4, 0.5) is 0 Å². The third kappa shape index (κ3) is 5.04. The second-order valence-corrected chi connectivity index (χ2v) is 4.84. The highest BCUT2D eigenvalue weighted by atomic mass is 32.1. The van der Waals surface area contributed by atoms with Crippen LogP contribution in [0.5, 0.6) is 0 Å². The molecular weight excluding hydrogens is 166 g/mol. The Bertz CT molecular complexity index is 110. The third-order valence-corrected chi connectivity index (χ3v) is 2.97. The highest BCUT2D eigenvalue weighted by Gasteiger charge is 2.20. The molecule has 0 saturated carbocycles. The predicted octanol–water partition coefficient (Wildman–Crippen LogP) is 2.58. The molecule has 1 N–H and O–H groups in total. The molecule has 0 aromatic carbocycles. The van der Waals surface area contributed by atoms with Gasteiger partial charge in [0.1, 0.15) is 0 Å². The molecule has 0 fully saturated rings. The summed E-state index contributed by atoms with van der Waals surface area (Å²) in [5.74, 6) is 1.72. The zero-order chi connectivity index (χ0) is 9.61. The summed E-state index contributed by atoms with van der Waals surface area (Å²) < 4.78 is 0. The molecule has 0 aliphatic heterocycles. The summed E-state index contributed by atoms with van der Waals surface area (Å²) in [6.07, 6.45) is 1.16. The van der Waals surface area contributed by atoms with E-state index in [1.54, 1.807) is 0 Å². The lowest BCUT2D eigenvalue weighted by Gasteiger charge is -2.29. The van der Waals surface area contributed by atoms with E-state index in [9.17, 15) is 0 Å². The van der Waals surface area contributed by atoms with Gasteiger partial charge in [-0.25, -0.2) is 0 Å². The summed E-state index contributed by atoms with van der Waals surface area (Å²) in [6, 6.07) is 0. The zero-order valence-corrected chi connectivity index (χ0v) is 9.75. The van der Waals surface area contributed by atoms with Gasteiger partial charge in [0, 0.05) is 6.54 Å². The molecule has 2 heteroatoms. The van der Waals surface area contributed by atoms with E-state index >= 15 is 0 Å². The van der Waals surface area contributed by atoms with Crippen LogP contribution in [0.15, 0.2) is 0 Å². The Morgan fingerprint density at radius 1 is 1.33 bits per heavy atom. The second-order valence-electron chi connectivity index (χ2n) is 4.40. The fraction of sp³-hybridized carbons (Fsp3) is 1.00. The quantitative estimate of drug-likeness (QED) is 0.483. The van der Waals surface area contributed by atoms with Crippen molar-refractivity contribution >= 4 is 12.6 Å². The molecule has 0 saturated heterocycles. The first-order chi connectivity index (χ1) is 5.50. The van der Waals surface area contributed by atoms with Gasteiger partial charge in [0.2, 0.25) is 0 Å². The molecule has 74 valence electrons. The van der Waals surface area contributed by atoms with Crippen molar-refractivity contribution in [2.75, 3.05) is 18.8 Å². The Hall–Kier alpha value is 0.310. The highest BCUT2D eigenvalue weighted by molar-refractivity contribution is 7.80. The first kappa shape index (κ1) is 12.3. The molecule has 0 aliphatic carbocycles. The summed E-state index contributed by atoms with van der Waals surface area (Å²) in [5, 5.41) is 3.46. The minimum atomic E-state index is 0.413. The van der Waals surface area contributed by atoms with Crippen molar-refractivity contribution in [3.05, 3.63) is 0 Å². The Balaban J connectivity index is 3.47. The minimum absolute atomic E-state index is 0.413. The molecule has 1 nitrogen and oxygen atoms in total. The van der Waals surface area contributed by atoms with Crippen molar-refractivity contribution in [3.63, 3.8) is 0 Å². The molecule has 12 heavy (non-hydrogen) atoms. The highest BCUT2D eigenvalue weighted by Crippen LogP contribution is 2.24. The summed E-state index contributed by atoms with van der Waals surface area (Å²) in [7, 11) is 0. The van der Waals surface area contributed by atoms with E-state index in [4.69, 9.17) is 0 Å². The fourth-order valence-electron chi connectivity index (χ4n) is 0.819. The van der Waals surface area contributed by atoms with E-state index < -0.39 is 0 Å². The van der Waals surface area contributed by atoms with Crippen LogP contribution in [0.3, 0.4) is 0 Å². The topological polar surface area (TPSA) is 12.0 Å². The van der Waals surface area contributed by atoms with E-state index in [0.717, 1.165) is 31.2 Å². The maximum absolute atomic E-state index is 4.17. The van der Waals surface area contributed by atoms with Crippen LogP contribution in [-0.4, -0.2) is 18.8 Å².